The van der Waals surface area contributed by atoms with Gasteiger partial charge >= 0.3 is 0 Å². The number of benzene rings is 1. The van der Waals surface area contributed by atoms with E-state index < -0.39 is 25.7 Å². The molecule has 1 saturated heterocycles. The van der Waals surface area contributed by atoms with Crippen LogP contribution in [0.25, 0.3) is 0 Å². The van der Waals surface area contributed by atoms with Crippen molar-refractivity contribution in [2.45, 2.75) is 77.3 Å². The quantitative estimate of drug-likeness (QED) is 0.254. The second-order valence-electron chi connectivity index (χ2n) is 10.2. The van der Waals surface area contributed by atoms with Gasteiger partial charge in [0.25, 0.3) is 5.91 Å². The van der Waals surface area contributed by atoms with Crippen LogP contribution in [0.5, 0.6) is 0 Å². The Morgan fingerprint density at radius 2 is 2.00 bits per heavy atom. The van der Waals surface area contributed by atoms with Gasteiger partial charge in [0, 0.05) is 35.2 Å². The molecule has 1 N–H and O–H groups in total. The van der Waals surface area contributed by atoms with Crippen LogP contribution >= 0.6 is 11.6 Å². The van der Waals surface area contributed by atoms with E-state index in [1.54, 1.807) is 30.1 Å². The molecular weight excluding hydrogens is 457 g/mol. The highest BCUT2D eigenvalue weighted by molar-refractivity contribution is 6.72. The van der Waals surface area contributed by atoms with Crippen molar-refractivity contribution in [3.63, 3.8) is 0 Å². The highest BCUT2D eigenvalue weighted by Crippen LogP contribution is 2.60. The molecular formula is C26H37ClFNO3Si. The minimum atomic E-state index is -3.19. The second kappa shape index (κ2) is 10.0. The molecule has 33 heavy (non-hydrogen) atoms. The van der Waals surface area contributed by atoms with Crippen molar-refractivity contribution >= 4 is 31.6 Å². The van der Waals surface area contributed by atoms with Crippen molar-refractivity contribution in [3.8, 4) is 0 Å². The maximum atomic E-state index is 15.5. The maximum Gasteiger partial charge on any atom is 0.264 e. The lowest BCUT2D eigenvalue weighted by Gasteiger charge is -2.31. The van der Waals surface area contributed by atoms with E-state index in [4.69, 9.17) is 16.3 Å². The molecule has 0 unspecified atom stereocenters. The molecule has 3 rings (SSSR count). The molecule has 182 valence electrons. The van der Waals surface area contributed by atoms with E-state index >= 15 is 4.11 Å². The average Bonchev–Trinajstić information content (AvgIpc) is 3.13. The normalized spacial score (nSPS) is 27.4. The summed E-state index contributed by atoms with van der Waals surface area (Å²) < 4.78 is 22.0. The molecule has 0 radical (unpaired) electrons. The molecule has 0 aromatic heterocycles. The molecule has 1 aromatic rings. The number of fused-ring (bicyclic) bond motifs is 2. The lowest BCUT2D eigenvalue weighted by molar-refractivity contribution is -0.146. The Morgan fingerprint density at radius 1 is 1.30 bits per heavy atom. The molecule has 1 amide bonds. The molecule has 4 nitrogen and oxygen atoms in total. The van der Waals surface area contributed by atoms with Gasteiger partial charge in [-0.15, -0.1) is 0 Å². The monoisotopic (exact) mass is 493 g/mol. The van der Waals surface area contributed by atoms with E-state index in [9.17, 15) is 9.90 Å². The number of nitrogens with zero attached hydrogens (tertiary/aromatic N) is 1. The number of rotatable bonds is 8. The van der Waals surface area contributed by atoms with E-state index in [2.05, 4.69) is 32.9 Å². The Bertz CT molecular complexity index is 953. The number of allylic oxidation sites excluding steroid dienone is 3. The van der Waals surface area contributed by atoms with E-state index in [0.717, 1.165) is 18.5 Å². The Morgan fingerprint density at radius 3 is 2.61 bits per heavy atom. The molecule has 2 aliphatic heterocycles. The van der Waals surface area contributed by atoms with Gasteiger partial charge in [-0.1, -0.05) is 41.8 Å². The summed E-state index contributed by atoms with van der Waals surface area (Å²) in [5.41, 5.74) is 2.32. The van der Waals surface area contributed by atoms with Gasteiger partial charge in [-0.3, -0.25) is 4.79 Å². The Balaban J connectivity index is 1.99. The number of carbonyl (C=O) groups excluding carboxylic acids is 1. The summed E-state index contributed by atoms with van der Waals surface area (Å²) in [6.45, 7) is 11.8. The summed E-state index contributed by atoms with van der Waals surface area (Å²) in [5.74, 6) is -0.525. The van der Waals surface area contributed by atoms with Crippen molar-refractivity contribution in [3.05, 3.63) is 52.1 Å². The Kier molecular flexibility index (Phi) is 7.94. The zero-order valence-corrected chi connectivity index (χ0v) is 22.4. The minimum absolute atomic E-state index is 0.109. The lowest BCUT2D eigenvalue weighted by atomic mass is 9.82. The van der Waals surface area contributed by atoms with Crippen LogP contribution < -0.4 is 4.90 Å². The van der Waals surface area contributed by atoms with Crippen LogP contribution in [-0.2, 0) is 15.1 Å². The van der Waals surface area contributed by atoms with Crippen LogP contribution in [0, 0.1) is 5.92 Å². The number of halogens is 2. The minimum Gasteiger partial charge on any atom is -0.396 e. The van der Waals surface area contributed by atoms with Gasteiger partial charge in [-0.05, 0) is 71.3 Å². The van der Waals surface area contributed by atoms with Gasteiger partial charge in [0.05, 0.1) is 11.8 Å². The smallest absolute Gasteiger partial charge is 0.264 e. The number of ether oxygens (including phenoxy) is 1. The number of aliphatic hydroxyl groups excluding tert-OH is 1. The predicted molar refractivity (Wildman–Crippen MR) is 136 cm³/mol. The molecule has 2 aliphatic rings. The lowest BCUT2D eigenvalue weighted by Crippen LogP contribution is -2.45. The topological polar surface area (TPSA) is 49.8 Å². The fourth-order valence-electron chi connectivity index (χ4n) is 5.54. The van der Waals surface area contributed by atoms with Crippen LogP contribution in [0.2, 0.25) is 23.7 Å². The van der Waals surface area contributed by atoms with Crippen molar-refractivity contribution in [2.24, 2.45) is 5.92 Å². The number of anilines is 1. The van der Waals surface area contributed by atoms with Crippen LogP contribution in [0.3, 0.4) is 0 Å². The van der Waals surface area contributed by atoms with Gasteiger partial charge in [0.2, 0.25) is 8.41 Å². The molecule has 1 fully saturated rings. The zero-order chi connectivity index (χ0) is 24.6. The highest BCUT2D eigenvalue weighted by atomic mass is 35.5. The van der Waals surface area contributed by atoms with E-state index in [1.165, 1.54) is 11.1 Å². The van der Waals surface area contributed by atoms with Crippen LogP contribution in [-0.4, -0.2) is 38.7 Å². The first-order valence-electron chi connectivity index (χ1n) is 11.8. The third-order valence-corrected chi connectivity index (χ3v) is 9.74. The first kappa shape index (κ1) is 26.1. The predicted octanol–water partition coefficient (Wildman–Crippen LogP) is 6.54. The largest absolute Gasteiger partial charge is 0.396 e. The molecule has 4 atom stereocenters. The molecule has 0 bridgehead atoms. The molecule has 0 saturated carbocycles. The summed E-state index contributed by atoms with van der Waals surface area (Å²) in [4.78, 5) is 15.7. The SMILES string of the molecule is CC(C)=CCC/C(C)=C/CN1C(=O)[C@]2(O[C@H](CCO)[C@@H]([Si](C)(C)F)[C@@H]2C)c2cc(Cl)ccc21. The first-order valence-corrected chi connectivity index (χ1v) is 15.1. The molecule has 2 heterocycles. The van der Waals surface area contributed by atoms with Crippen molar-refractivity contribution in [1.29, 1.82) is 0 Å². The zero-order valence-electron chi connectivity index (χ0n) is 20.6. The number of hydrogen-bond donors (Lipinski definition) is 1. The number of carbonyl (C=O) groups is 1. The van der Waals surface area contributed by atoms with Crippen molar-refractivity contribution in [1.82, 2.24) is 0 Å². The van der Waals surface area contributed by atoms with E-state index in [0.29, 0.717) is 23.6 Å². The summed E-state index contributed by atoms with van der Waals surface area (Å²) in [6.07, 6.45) is 6.00. The van der Waals surface area contributed by atoms with Gasteiger partial charge < -0.3 is 18.9 Å². The van der Waals surface area contributed by atoms with Crippen LogP contribution in [0.1, 0.15) is 52.5 Å². The van der Waals surface area contributed by atoms with Gasteiger partial charge in [-0.2, -0.15) is 0 Å². The third-order valence-electron chi connectivity index (χ3n) is 7.05. The van der Waals surface area contributed by atoms with Crippen molar-refractivity contribution < 1.29 is 18.7 Å². The van der Waals surface area contributed by atoms with Crippen LogP contribution in [0.4, 0.5) is 9.80 Å². The van der Waals surface area contributed by atoms with Crippen LogP contribution in [0.15, 0.2) is 41.5 Å². The number of aliphatic hydroxyl groups is 1. The van der Waals surface area contributed by atoms with Gasteiger partial charge in [0.15, 0.2) is 5.60 Å². The molecule has 0 aliphatic carbocycles. The first-order chi connectivity index (χ1) is 15.4. The number of hydrogen-bond acceptors (Lipinski definition) is 3. The third kappa shape index (κ3) is 4.99. The van der Waals surface area contributed by atoms with E-state index in [-0.39, 0.29) is 18.4 Å². The maximum absolute atomic E-state index is 15.5. The Labute approximate surface area is 203 Å². The summed E-state index contributed by atoms with van der Waals surface area (Å²) in [5, 5.41) is 10.1. The highest BCUT2D eigenvalue weighted by Gasteiger charge is 2.66. The van der Waals surface area contributed by atoms with Gasteiger partial charge in [-0.25, -0.2) is 0 Å². The van der Waals surface area contributed by atoms with E-state index in [1.807, 2.05) is 13.0 Å². The second-order valence-corrected chi connectivity index (χ2v) is 14.5. The fraction of sp³-hybridized carbons (Fsp3) is 0.577. The summed E-state index contributed by atoms with van der Waals surface area (Å²) in [7, 11) is -3.19. The summed E-state index contributed by atoms with van der Waals surface area (Å²) in [6, 6.07) is 5.43. The average molecular weight is 494 g/mol. The fourth-order valence-corrected chi connectivity index (χ4v) is 8.25. The standard InChI is InChI=1S/C26H37ClFNO3Si/c1-17(2)8-7-9-18(3)12-14-29-22-11-10-20(27)16-21(22)26(25(29)31)19(4)24(33(5,6)28)23(32-26)13-15-30/h8,10-12,16,19,23-24,30H,7,9,13-15H2,1-6H3/b18-12+/t19-,23+,24-,26+/m0/s1. The van der Waals surface area contributed by atoms with Crippen molar-refractivity contribution in [2.75, 3.05) is 18.1 Å². The molecule has 7 heteroatoms. The summed E-state index contributed by atoms with van der Waals surface area (Å²) >= 11 is 6.35. The number of amides is 1. The molecule has 1 aromatic carbocycles. The Hall–Kier alpha value is -1.47. The molecule has 1 spiro atoms. The van der Waals surface area contributed by atoms with Gasteiger partial charge in [0.1, 0.15) is 0 Å².